The van der Waals surface area contributed by atoms with Crippen molar-refractivity contribution in [2.45, 2.75) is 33.2 Å². The van der Waals surface area contributed by atoms with Crippen molar-refractivity contribution >= 4 is 34.4 Å². The van der Waals surface area contributed by atoms with E-state index in [0.29, 0.717) is 43.5 Å². The average Bonchev–Trinajstić information content (AvgIpc) is 3.12. The van der Waals surface area contributed by atoms with Gasteiger partial charge >= 0.3 is 0 Å². The molecule has 0 atom stereocenters. The zero-order valence-corrected chi connectivity index (χ0v) is 18.8. The number of hydrogen-bond acceptors (Lipinski definition) is 6. The van der Waals surface area contributed by atoms with Crippen LogP contribution in [0.5, 0.6) is 0 Å². The van der Waals surface area contributed by atoms with Gasteiger partial charge in [-0.3, -0.25) is 28.9 Å². The molecule has 0 aliphatic carbocycles. The lowest BCUT2D eigenvalue weighted by Gasteiger charge is -2.35. The maximum Gasteiger partial charge on any atom is 0.275 e. The van der Waals surface area contributed by atoms with Gasteiger partial charge in [-0.15, -0.1) is 0 Å². The summed E-state index contributed by atoms with van der Waals surface area (Å²) in [6, 6.07) is 6.95. The third-order valence-corrected chi connectivity index (χ3v) is 5.98. The molecule has 0 bridgehead atoms. The fourth-order valence-electron chi connectivity index (χ4n) is 4.21. The van der Waals surface area contributed by atoms with Crippen LogP contribution in [0.4, 0.5) is 0 Å². The molecule has 3 heterocycles. The first-order valence-corrected chi connectivity index (χ1v) is 11.2. The molecule has 0 spiro atoms. The highest BCUT2D eigenvalue weighted by molar-refractivity contribution is 6.05. The molecule has 0 unspecified atom stereocenters. The van der Waals surface area contributed by atoms with Gasteiger partial charge in [-0.05, 0) is 12.0 Å². The Morgan fingerprint density at radius 2 is 1.48 bits per heavy atom. The Balaban J connectivity index is 1.49. The van der Waals surface area contributed by atoms with Crippen molar-refractivity contribution in [2.75, 3.05) is 32.7 Å². The van der Waals surface area contributed by atoms with Gasteiger partial charge in [0.2, 0.25) is 17.7 Å². The van der Waals surface area contributed by atoms with Gasteiger partial charge in [0.1, 0.15) is 6.54 Å². The van der Waals surface area contributed by atoms with Crippen molar-refractivity contribution in [1.29, 1.82) is 0 Å². The minimum absolute atomic E-state index is 0.147. The zero-order chi connectivity index (χ0) is 23.7. The standard InChI is InChI=1S/C23H27N5O5/c1-15(2)13-28-22(32)17-6-4-3-5-16(17)21(24-28)23(33)26-11-9-25(10-12-26)20(31)14-27-18(29)7-8-19(27)30/h3-6,15H,7-14H2,1-2H3. The molecule has 2 aliphatic rings. The van der Waals surface area contributed by atoms with Gasteiger partial charge in [0, 0.05) is 51.0 Å². The highest BCUT2D eigenvalue weighted by atomic mass is 16.2. The molecule has 2 aliphatic heterocycles. The Labute approximate surface area is 190 Å². The van der Waals surface area contributed by atoms with Crippen LogP contribution in [0.2, 0.25) is 0 Å². The average molecular weight is 453 g/mol. The summed E-state index contributed by atoms with van der Waals surface area (Å²) in [6.45, 7) is 5.29. The number of rotatable bonds is 5. The predicted octanol–water partition coefficient (Wildman–Crippen LogP) is 0.486. The zero-order valence-electron chi connectivity index (χ0n) is 18.8. The summed E-state index contributed by atoms with van der Waals surface area (Å²) in [4.78, 5) is 66.5. The van der Waals surface area contributed by atoms with Gasteiger partial charge in [-0.25, -0.2) is 4.68 Å². The van der Waals surface area contributed by atoms with Gasteiger partial charge in [-0.2, -0.15) is 5.10 Å². The van der Waals surface area contributed by atoms with Crippen LogP contribution in [0, 0.1) is 5.92 Å². The lowest BCUT2D eigenvalue weighted by atomic mass is 10.1. The predicted molar refractivity (Wildman–Crippen MR) is 119 cm³/mol. The number of amides is 4. The van der Waals surface area contributed by atoms with E-state index in [1.807, 2.05) is 13.8 Å². The van der Waals surface area contributed by atoms with Crippen LogP contribution < -0.4 is 5.56 Å². The van der Waals surface area contributed by atoms with Crippen LogP contribution in [-0.4, -0.2) is 80.8 Å². The smallest absolute Gasteiger partial charge is 0.275 e. The van der Waals surface area contributed by atoms with E-state index >= 15 is 0 Å². The number of nitrogens with zero attached hydrogens (tertiary/aromatic N) is 5. The largest absolute Gasteiger partial charge is 0.338 e. The summed E-state index contributed by atoms with van der Waals surface area (Å²) in [5.74, 6) is -1.06. The van der Waals surface area contributed by atoms with E-state index in [9.17, 15) is 24.0 Å². The third-order valence-electron chi connectivity index (χ3n) is 5.98. The summed E-state index contributed by atoms with van der Waals surface area (Å²) in [6.07, 6.45) is 0.294. The van der Waals surface area contributed by atoms with Crippen molar-refractivity contribution in [3.8, 4) is 0 Å². The first kappa shape index (κ1) is 22.6. The number of piperazine rings is 1. The maximum absolute atomic E-state index is 13.4. The van der Waals surface area contributed by atoms with Crippen LogP contribution >= 0.6 is 0 Å². The Hall–Kier alpha value is -3.56. The molecule has 174 valence electrons. The first-order valence-electron chi connectivity index (χ1n) is 11.2. The Bertz CT molecular complexity index is 1160. The number of likely N-dealkylation sites (tertiary alicyclic amines) is 1. The van der Waals surface area contributed by atoms with Crippen molar-refractivity contribution < 1.29 is 19.2 Å². The Morgan fingerprint density at radius 3 is 2.09 bits per heavy atom. The molecule has 4 amide bonds. The fraction of sp³-hybridized carbons (Fsp3) is 0.478. The van der Waals surface area contributed by atoms with E-state index in [2.05, 4.69) is 5.10 Å². The number of carbonyl (C=O) groups excluding carboxylic acids is 4. The number of aromatic nitrogens is 2. The molecule has 1 aromatic carbocycles. The van der Waals surface area contributed by atoms with Crippen LogP contribution in [0.25, 0.3) is 10.8 Å². The summed E-state index contributed by atoms with van der Waals surface area (Å²) in [7, 11) is 0. The maximum atomic E-state index is 13.4. The topological polar surface area (TPSA) is 113 Å². The van der Waals surface area contributed by atoms with Gasteiger partial charge in [0.25, 0.3) is 11.5 Å². The van der Waals surface area contributed by atoms with Crippen molar-refractivity contribution in [3.63, 3.8) is 0 Å². The minimum Gasteiger partial charge on any atom is -0.338 e. The monoisotopic (exact) mass is 453 g/mol. The van der Waals surface area contributed by atoms with Crippen LogP contribution in [-0.2, 0) is 20.9 Å². The summed E-state index contributed by atoms with van der Waals surface area (Å²) >= 11 is 0. The van der Waals surface area contributed by atoms with E-state index in [1.165, 1.54) is 4.68 Å². The molecule has 0 saturated carbocycles. The molecular weight excluding hydrogens is 426 g/mol. The number of carbonyl (C=O) groups is 4. The van der Waals surface area contributed by atoms with Crippen molar-refractivity contribution in [3.05, 3.63) is 40.3 Å². The summed E-state index contributed by atoms with van der Waals surface area (Å²) in [5.41, 5.74) is -0.00356. The molecular formula is C23H27N5O5. The van der Waals surface area contributed by atoms with E-state index < -0.39 is 0 Å². The Kier molecular flexibility index (Phi) is 6.26. The quantitative estimate of drug-likeness (QED) is 0.609. The molecule has 33 heavy (non-hydrogen) atoms. The highest BCUT2D eigenvalue weighted by Gasteiger charge is 2.33. The molecule has 0 radical (unpaired) electrons. The number of imide groups is 1. The summed E-state index contributed by atoms with van der Waals surface area (Å²) in [5, 5.41) is 5.37. The molecule has 10 heteroatoms. The highest BCUT2D eigenvalue weighted by Crippen LogP contribution is 2.17. The van der Waals surface area contributed by atoms with Crippen LogP contribution in [0.3, 0.4) is 0 Å². The van der Waals surface area contributed by atoms with Gasteiger partial charge in [-0.1, -0.05) is 32.0 Å². The van der Waals surface area contributed by atoms with E-state index in [4.69, 9.17) is 0 Å². The van der Waals surface area contributed by atoms with Gasteiger partial charge in [0.05, 0.1) is 5.39 Å². The molecule has 0 N–H and O–H groups in total. The molecule has 2 saturated heterocycles. The number of benzene rings is 1. The van der Waals surface area contributed by atoms with E-state index in [-0.39, 0.29) is 60.2 Å². The van der Waals surface area contributed by atoms with E-state index in [0.717, 1.165) is 4.90 Å². The second kappa shape index (κ2) is 9.13. The van der Waals surface area contributed by atoms with Crippen LogP contribution in [0.1, 0.15) is 37.2 Å². The number of fused-ring (bicyclic) bond motifs is 1. The second-order valence-electron chi connectivity index (χ2n) is 8.82. The van der Waals surface area contributed by atoms with Crippen LogP contribution in [0.15, 0.2) is 29.1 Å². The molecule has 2 fully saturated rings. The minimum atomic E-state index is -0.323. The molecule has 4 rings (SSSR count). The lowest BCUT2D eigenvalue weighted by molar-refractivity contribution is -0.146. The van der Waals surface area contributed by atoms with Gasteiger partial charge < -0.3 is 9.80 Å². The van der Waals surface area contributed by atoms with E-state index in [1.54, 1.807) is 34.1 Å². The fourth-order valence-corrected chi connectivity index (χ4v) is 4.21. The lowest BCUT2D eigenvalue weighted by Crippen LogP contribution is -2.53. The first-order chi connectivity index (χ1) is 15.8. The third kappa shape index (κ3) is 4.50. The second-order valence-corrected chi connectivity index (χ2v) is 8.82. The Morgan fingerprint density at radius 1 is 0.909 bits per heavy atom. The van der Waals surface area contributed by atoms with Crippen molar-refractivity contribution in [1.82, 2.24) is 24.5 Å². The molecule has 10 nitrogen and oxygen atoms in total. The normalized spacial score (nSPS) is 16.9. The molecule has 1 aromatic heterocycles. The summed E-state index contributed by atoms with van der Waals surface area (Å²) < 4.78 is 1.35. The SMILES string of the molecule is CC(C)Cn1nc(C(=O)N2CCN(C(=O)CN3C(=O)CCC3=O)CC2)c2ccccc2c1=O. The van der Waals surface area contributed by atoms with Crippen molar-refractivity contribution in [2.24, 2.45) is 5.92 Å². The molecule has 2 aromatic rings. The number of hydrogen-bond donors (Lipinski definition) is 0. The van der Waals surface area contributed by atoms with Gasteiger partial charge in [0.15, 0.2) is 5.69 Å².